The zero-order valence-corrected chi connectivity index (χ0v) is 11.8. The Morgan fingerprint density at radius 1 is 1.28 bits per heavy atom. The summed E-state index contributed by atoms with van der Waals surface area (Å²) < 4.78 is 0. The van der Waals surface area contributed by atoms with Gasteiger partial charge in [0.05, 0.1) is 12.1 Å². The van der Waals surface area contributed by atoms with Crippen LogP contribution in [0.25, 0.3) is 0 Å². The topological polar surface area (TPSA) is 40.5 Å². The van der Waals surface area contributed by atoms with Crippen LogP contribution in [-0.2, 0) is 4.79 Å². The Bertz CT molecular complexity index is 354. The highest BCUT2D eigenvalue weighted by Crippen LogP contribution is 2.35. The van der Waals surface area contributed by atoms with Crippen molar-refractivity contribution in [3.8, 4) is 0 Å². The van der Waals surface area contributed by atoms with Gasteiger partial charge in [0.15, 0.2) is 5.78 Å². The average molecular weight is 251 g/mol. The second-order valence-electron chi connectivity index (χ2n) is 6.47. The Morgan fingerprint density at radius 3 is 2.50 bits per heavy atom. The number of rotatable bonds is 1. The van der Waals surface area contributed by atoms with E-state index < -0.39 is 6.10 Å². The summed E-state index contributed by atoms with van der Waals surface area (Å²) in [7, 11) is 0. The lowest BCUT2D eigenvalue weighted by molar-refractivity contribution is -0.119. The smallest absolute Gasteiger partial charge is 0.158 e. The Morgan fingerprint density at radius 2 is 1.89 bits per heavy atom. The number of Topliss-reactive ketones (excluding diaryl/α,β-unsaturated/α-hetero) is 1. The van der Waals surface area contributed by atoms with Crippen LogP contribution in [0.15, 0.2) is 11.6 Å². The molecule has 1 aliphatic carbocycles. The van der Waals surface area contributed by atoms with Gasteiger partial charge in [-0.3, -0.25) is 9.69 Å². The lowest BCUT2D eigenvalue weighted by atomic mass is 9.79. The highest BCUT2D eigenvalue weighted by atomic mass is 16.3. The first kappa shape index (κ1) is 13.8. The lowest BCUT2D eigenvalue weighted by Crippen LogP contribution is -2.50. The van der Waals surface area contributed by atoms with Crippen LogP contribution in [0.2, 0.25) is 0 Å². The third kappa shape index (κ3) is 2.67. The van der Waals surface area contributed by atoms with Crippen LogP contribution >= 0.6 is 0 Å². The molecule has 3 nitrogen and oxygen atoms in total. The maximum absolute atomic E-state index is 12.0. The molecular weight excluding hydrogens is 226 g/mol. The van der Waals surface area contributed by atoms with Gasteiger partial charge in [-0.25, -0.2) is 0 Å². The first-order chi connectivity index (χ1) is 8.42. The molecule has 0 aromatic carbocycles. The monoisotopic (exact) mass is 251 g/mol. The quantitative estimate of drug-likeness (QED) is 0.776. The van der Waals surface area contributed by atoms with Crippen LogP contribution in [0, 0.1) is 5.41 Å². The number of ketones is 1. The number of carbonyl (C=O) groups excluding carboxylic acids is 1. The molecule has 2 unspecified atom stereocenters. The number of likely N-dealkylation sites (tertiary alicyclic amines) is 1. The fourth-order valence-corrected chi connectivity index (χ4v) is 3.08. The van der Waals surface area contributed by atoms with E-state index in [1.807, 2.05) is 26.8 Å². The molecule has 0 saturated carbocycles. The van der Waals surface area contributed by atoms with E-state index in [0.29, 0.717) is 6.42 Å². The van der Waals surface area contributed by atoms with Crippen molar-refractivity contribution in [3.63, 3.8) is 0 Å². The van der Waals surface area contributed by atoms with E-state index in [0.717, 1.165) is 18.7 Å². The minimum Gasteiger partial charge on any atom is -0.391 e. The zero-order valence-electron chi connectivity index (χ0n) is 11.8. The summed E-state index contributed by atoms with van der Waals surface area (Å²) >= 11 is 0. The molecule has 0 bridgehead atoms. The van der Waals surface area contributed by atoms with Gasteiger partial charge in [0, 0.05) is 6.42 Å². The van der Waals surface area contributed by atoms with Gasteiger partial charge < -0.3 is 5.11 Å². The van der Waals surface area contributed by atoms with Gasteiger partial charge in [0.25, 0.3) is 0 Å². The summed E-state index contributed by atoms with van der Waals surface area (Å²) in [5.41, 5.74) is 0.475. The molecule has 1 aliphatic heterocycles. The molecule has 0 radical (unpaired) electrons. The zero-order chi connectivity index (χ0) is 13.3. The fourth-order valence-electron chi connectivity index (χ4n) is 3.08. The molecule has 102 valence electrons. The predicted molar refractivity (Wildman–Crippen MR) is 72.4 cm³/mol. The number of hydrogen-bond acceptors (Lipinski definition) is 3. The maximum Gasteiger partial charge on any atom is 0.158 e. The minimum atomic E-state index is -0.461. The number of nitrogens with zero attached hydrogens (tertiary/aromatic N) is 1. The van der Waals surface area contributed by atoms with Crippen molar-refractivity contribution >= 4 is 5.78 Å². The van der Waals surface area contributed by atoms with Gasteiger partial charge in [-0.2, -0.15) is 0 Å². The Balaban J connectivity index is 2.26. The van der Waals surface area contributed by atoms with E-state index in [9.17, 15) is 9.90 Å². The molecule has 2 atom stereocenters. The number of piperidine rings is 1. The van der Waals surface area contributed by atoms with Crippen LogP contribution in [0.5, 0.6) is 0 Å². The summed E-state index contributed by atoms with van der Waals surface area (Å²) in [5.74, 6) is 0.179. The van der Waals surface area contributed by atoms with Crippen LogP contribution < -0.4 is 0 Å². The van der Waals surface area contributed by atoms with E-state index in [2.05, 4.69) is 4.90 Å². The number of carbonyl (C=O) groups is 1. The van der Waals surface area contributed by atoms with E-state index in [1.54, 1.807) is 0 Å². The van der Waals surface area contributed by atoms with E-state index in [-0.39, 0.29) is 17.2 Å². The largest absolute Gasteiger partial charge is 0.391 e. The molecule has 0 spiro atoms. The summed E-state index contributed by atoms with van der Waals surface area (Å²) in [4.78, 5) is 14.4. The Labute approximate surface area is 110 Å². The summed E-state index contributed by atoms with van der Waals surface area (Å²) in [6.07, 6.45) is 5.66. The first-order valence-corrected chi connectivity index (χ1v) is 7.05. The summed E-state index contributed by atoms with van der Waals surface area (Å²) in [6, 6.07) is 0.00625. The summed E-state index contributed by atoms with van der Waals surface area (Å²) in [6.45, 7) is 7.96. The lowest BCUT2D eigenvalue weighted by Gasteiger charge is -2.40. The predicted octanol–water partition coefficient (Wildman–Crippen LogP) is 2.15. The number of hydrogen-bond donors (Lipinski definition) is 1. The van der Waals surface area contributed by atoms with Crippen molar-refractivity contribution < 1.29 is 9.90 Å². The minimum absolute atomic E-state index is 0.00625. The number of allylic oxidation sites excluding steroid dienone is 1. The van der Waals surface area contributed by atoms with Crippen molar-refractivity contribution in [3.05, 3.63) is 11.6 Å². The van der Waals surface area contributed by atoms with E-state index >= 15 is 0 Å². The maximum atomic E-state index is 12.0. The molecule has 0 aromatic heterocycles. The van der Waals surface area contributed by atoms with Gasteiger partial charge >= 0.3 is 0 Å². The van der Waals surface area contributed by atoms with Gasteiger partial charge in [-0.1, -0.05) is 26.3 Å². The molecule has 1 fully saturated rings. The van der Waals surface area contributed by atoms with Crippen LogP contribution in [0.1, 0.15) is 46.5 Å². The van der Waals surface area contributed by atoms with Crippen molar-refractivity contribution in [2.24, 2.45) is 5.41 Å². The number of aliphatic hydroxyl groups excluding tert-OH is 1. The van der Waals surface area contributed by atoms with Crippen LogP contribution in [0.4, 0.5) is 0 Å². The van der Waals surface area contributed by atoms with Gasteiger partial charge in [-0.05, 0) is 43.8 Å². The van der Waals surface area contributed by atoms with Crippen molar-refractivity contribution in [2.75, 3.05) is 13.1 Å². The number of aliphatic hydroxyl groups is 1. The molecule has 1 heterocycles. The van der Waals surface area contributed by atoms with Crippen LogP contribution in [0.3, 0.4) is 0 Å². The Hall–Kier alpha value is -0.670. The third-order valence-electron chi connectivity index (χ3n) is 4.41. The highest BCUT2D eigenvalue weighted by Gasteiger charge is 2.40. The fraction of sp³-hybridized carbons (Fsp3) is 0.800. The van der Waals surface area contributed by atoms with Crippen molar-refractivity contribution in [2.45, 2.75) is 58.6 Å². The third-order valence-corrected chi connectivity index (χ3v) is 4.41. The van der Waals surface area contributed by atoms with Gasteiger partial charge in [0.2, 0.25) is 0 Å². The SMILES string of the molecule is CC1=CC(N2CCCCC2)C(O)C(C)(C)CC1=O. The molecule has 0 aromatic rings. The highest BCUT2D eigenvalue weighted by molar-refractivity contribution is 5.95. The molecule has 2 aliphatic rings. The average Bonchev–Trinajstić information content (AvgIpc) is 2.41. The first-order valence-electron chi connectivity index (χ1n) is 7.05. The van der Waals surface area contributed by atoms with Crippen molar-refractivity contribution in [1.82, 2.24) is 4.90 Å². The summed E-state index contributed by atoms with van der Waals surface area (Å²) in [5, 5.41) is 10.6. The molecule has 2 rings (SSSR count). The molecule has 1 saturated heterocycles. The van der Waals surface area contributed by atoms with Crippen LogP contribution in [-0.4, -0.2) is 41.0 Å². The standard InChI is InChI=1S/C15H25NO2/c1-11-9-12(16-7-5-4-6-8-16)14(18)15(2,3)10-13(11)17/h9,12,14,18H,4-8,10H2,1-3H3. The molecule has 0 amide bonds. The normalized spacial score (nSPS) is 34.0. The Kier molecular flexibility index (Phi) is 3.93. The molecule has 18 heavy (non-hydrogen) atoms. The molecule has 3 heteroatoms. The molecule has 1 N–H and O–H groups in total. The second-order valence-corrected chi connectivity index (χ2v) is 6.47. The molecular formula is C15H25NO2. The van der Waals surface area contributed by atoms with E-state index in [1.165, 1.54) is 19.3 Å². The van der Waals surface area contributed by atoms with Crippen molar-refractivity contribution in [1.29, 1.82) is 0 Å². The van der Waals surface area contributed by atoms with Gasteiger partial charge in [0.1, 0.15) is 0 Å². The van der Waals surface area contributed by atoms with E-state index in [4.69, 9.17) is 0 Å². The van der Waals surface area contributed by atoms with Gasteiger partial charge in [-0.15, -0.1) is 0 Å². The second kappa shape index (κ2) is 5.14.